The van der Waals surface area contributed by atoms with Crippen molar-refractivity contribution in [3.63, 3.8) is 0 Å². The fourth-order valence-electron chi connectivity index (χ4n) is 3.53. The normalized spacial score (nSPS) is 21.5. The molecule has 0 radical (unpaired) electrons. The van der Waals surface area contributed by atoms with Gasteiger partial charge in [0.05, 0.1) is 17.0 Å². The third-order valence-electron chi connectivity index (χ3n) is 5.06. The van der Waals surface area contributed by atoms with Crippen molar-refractivity contribution in [3.05, 3.63) is 29.8 Å². The Bertz CT molecular complexity index is 1090. The minimum atomic E-state index is -4.46. The summed E-state index contributed by atoms with van der Waals surface area (Å²) in [5.41, 5.74) is -0.0676. The number of hydrogen-bond acceptors (Lipinski definition) is 8. The van der Waals surface area contributed by atoms with Crippen LogP contribution in [0.2, 0.25) is 0 Å². The maximum Gasteiger partial charge on any atom is 0.422 e. The van der Waals surface area contributed by atoms with E-state index >= 15 is 0 Å². The number of rotatable bonds is 7. The molecule has 1 aromatic rings. The van der Waals surface area contributed by atoms with E-state index in [1.54, 1.807) is 51.7 Å². The maximum atomic E-state index is 12.8. The number of benzene rings is 1. The molecule has 0 spiro atoms. The minimum absolute atomic E-state index is 0.0136. The molecule has 1 saturated carbocycles. The third kappa shape index (κ3) is 8.22. The first-order valence-corrected chi connectivity index (χ1v) is 13.6. The lowest BCUT2D eigenvalue weighted by atomic mass is 9.83. The molecule has 2 N–H and O–H groups in total. The SMILES string of the molecule is Cc1ccc(S(=O)(=O)OC2CCC(C(=O)N(C)C)CC2NS(=O)(=O)NC(=O)OC(C)(C)C)cc1. The van der Waals surface area contributed by atoms with Crippen molar-refractivity contribution in [2.75, 3.05) is 14.1 Å². The topological polar surface area (TPSA) is 148 Å². The molecule has 2 amide bonds. The highest BCUT2D eigenvalue weighted by atomic mass is 32.2. The third-order valence-corrected chi connectivity index (χ3v) is 7.46. The van der Waals surface area contributed by atoms with Crippen LogP contribution >= 0.6 is 0 Å². The van der Waals surface area contributed by atoms with E-state index in [1.165, 1.54) is 17.0 Å². The van der Waals surface area contributed by atoms with Gasteiger partial charge in [-0.05, 0) is 59.1 Å². The number of carbonyl (C=O) groups excluding carboxylic acids is 2. The molecule has 1 aromatic carbocycles. The lowest BCUT2D eigenvalue weighted by molar-refractivity contribution is -0.134. The summed E-state index contributed by atoms with van der Waals surface area (Å²) < 4.78 is 65.2. The number of hydrogen-bond donors (Lipinski definition) is 2. The standard InChI is InChI=1S/C21H33N3O8S2/c1-14-7-10-16(11-8-14)33(27,28)32-18-12-9-15(19(25)24(5)6)13-17(18)22-34(29,30)23-20(26)31-21(2,3)4/h7-8,10-11,15,17-18,22H,9,12-13H2,1-6H3,(H,23,26). The first-order chi connectivity index (χ1) is 15.5. The Kier molecular flexibility index (Phi) is 8.72. The number of nitrogens with one attached hydrogen (secondary N) is 2. The molecule has 0 aliphatic heterocycles. The van der Waals surface area contributed by atoms with E-state index in [2.05, 4.69) is 4.72 Å². The van der Waals surface area contributed by atoms with Crippen LogP contribution in [0.25, 0.3) is 0 Å². The molecule has 0 aromatic heterocycles. The second-order valence-electron chi connectivity index (χ2n) is 9.48. The lowest BCUT2D eigenvalue weighted by Gasteiger charge is -2.35. The molecule has 11 nitrogen and oxygen atoms in total. The molecule has 1 aliphatic rings. The summed E-state index contributed by atoms with van der Waals surface area (Å²) in [6.07, 6.45) is -1.88. The van der Waals surface area contributed by atoms with Crippen LogP contribution < -0.4 is 9.44 Å². The summed E-state index contributed by atoms with van der Waals surface area (Å²) in [7, 11) is -5.50. The summed E-state index contributed by atoms with van der Waals surface area (Å²) in [4.78, 5) is 25.8. The van der Waals surface area contributed by atoms with Crippen molar-refractivity contribution >= 4 is 32.3 Å². The minimum Gasteiger partial charge on any atom is -0.443 e. The number of ether oxygens (including phenoxy) is 1. The van der Waals surface area contributed by atoms with Crippen molar-refractivity contribution < 1.29 is 35.3 Å². The Labute approximate surface area is 201 Å². The second kappa shape index (κ2) is 10.6. The Morgan fingerprint density at radius 2 is 1.62 bits per heavy atom. The maximum absolute atomic E-state index is 12.8. The van der Waals surface area contributed by atoms with Gasteiger partial charge < -0.3 is 9.64 Å². The van der Waals surface area contributed by atoms with E-state index in [9.17, 15) is 26.4 Å². The zero-order chi connectivity index (χ0) is 25.9. The molecule has 0 bridgehead atoms. The summed E-state index contributed by atoms with van der Waals surface area (Å²) in [5.74, 6) is -0.768. The lowest BCUT2D eigenvalue weighted by Crippen LogP contribution is -2.54. The van der Waals surface area contributed by atoms with Crippen LogP contribution in [-0.4, -0.2) is 65.6 Å². The first-order valence-electron chi connectivity index (χ1n) is 10.7. The largest absolute Gasteiger partial charge is 0.443 e. The fraction of sp³-hybridized carbons (Fsp3) is 0.619. The predicted octanol–water partition coefficient (Wildman–Crippen LogP) is 1.68. The van der Waals surface area contributed by atoms with Gasteiger partial charge >= 0.3 is 16.3 Å². The molecular weight excluding hydrogens is 486 g/mol. The molecule has 3 atom stereocenters. The molecule has 0 heterocycles. The van der Waals surface area contributed by atoms with Crippen molar-refractivity contribution in [2.24, 2.45) is 5.92 Å². The van der Waals surface area contributed by atoms with Crippen LogP contribution in [0.4, 0.5) is 4.79 Å². The van der Waals surface area contributed by atoms with Gasteiger partial charge in [-0.15, -0.1) is 0 Å². The van der Waals surface area contributed by atoms with E-state index in [0.717, 1.165) is 5.56 Å². The van der Waals surface area contributed by atoms with Crippen molar-refractivity contribution in [3.8, 4) is 0 Å². The van der Waals surface area contributed by atoms with Gasteiger partial charge in [-0.3, -0.25) is 8.98 Å². The van der Waals surface area contributed by atoms with Gasteiger partial charge in [0.1, 0.15) is 5.60 Å². The second-order valence-corrected chi connectivity index (χ2v) is 12.5. The average molecular weight is 520 g/mol. The van der Waals surface area contributed by atoms with Gasteiger partial charge in [-0.2, -0.15) is 21.6 Å². The molecule has 192 valence electrons. The molecular formula is C21H33N3O8S2. The van der Waals surface area contributed by atoms with E-state index in [1.807, 2.05) is 6.92 Å². The van der Waals surface area contributed by atoms with Crippen LogP contribution in [0.1, 0.15) is 45.6 Å². The summed E-state index contributed by atoms with van der Waals surface area (Å²) in [5, 5.41) is 0. The fourth-order valence-corrected chi connectivity index (χ4v) is 5.63. The Balaban J connectivity index is 2.25. The number of amides is 2. The Hall–Kier alpha value is -2.22. The monoisotopic (exact) mass is 519 g/mol. The predicted molar refractivity (Wildman–Crippen MR) is 124 cm³/mol. The van der Waals surface area contributed by atoms with Crippen LogP contribution in [0.3, 0.4) is 0 Å². The average Bonchev–Trinajstić information content (AvgIpc) is 2.66. The van der Waals surface area contributed by atoms with Crippen molar-refractivity contribution in [1.29, 1.82) is 0 Å². The van der Waals surface area contributed by atoms with E-state index < -0.39 is 50.1 Å². The van der Waals surface area contributed by atoms with Gasteiger partial charge in [-0.1, -0.05) is 17.7 Å². The van der Waals surface area contributed by atoms with Gasteiger partial charge in [0.25, 0.3) is 10.1 Å². The molecule has 3 unspecified atom stereocenters. The van der Waals surface area contributed by atoms with Crippen LogP contribution in [0.15, 0.2) is 29.2 Å². The quantitative estimate of drug-likeness (QED) is 0.517. The van der Waals surface area contributed by atoms with Gasteiger partial charge in [0.15, 0.2) is 0 Å². The molecule has 13 heteroatoms. The highest BCUT2D eigenvalue weighted by Crippen LogP contribution is 2.30. The van der Waals surface area contributed by atoms with Crippen molar-refractivity contribution in [2.45, 2.75) is 69.6 Å². The number of carbonyl (C=O) groups is 2. The zero-order valence-corrected chi connectivity index (χ0v) is 21.8. The van der Waals surface area contributed by atoms with E-state index in [0.29, 0.717) is 6.42 Å². The molecule has 34 heavy (non-hydrogen) atoms. The van der Waals surface area contributed by atoms with E-state index in [4.69, 9.17) is 8.92 Å². The van der Waals surface area contributed by atoms with Gasteiger partial charge in [0, 0.05) is 20.0 Å². The van der Waals surface area contributed by atoms with Gasteiger partial charge in [0.2, 0.25) is 5.91 Å². The number of aryl methyl sites for hydroxylation is 1. The summed E-state index contributed by atoms with van der Waals surface area (Å²) in [6, 6.07) is 4.94. The summed E-state index contributed by atoms with van der Waals surface area (Å²) >= 11 is 0. The first kappa shape index (κ1) is 28.0. The molecule has 2 rings (SSSR count). The van der Waals surface area contributed by atoms with Crippen molar-refractivity contribution in [1.82, 2.24) is 14.3 Å². The van der Waals surface area contributed by atoms with Crippen LogP contribution in [0, 0.1) is 12.8 Å². The molecule has 1 aliphatic carbocycles. The highest BCUT2D eigenvalue weighted by molar-refractivity contribution is 7.88. The zero-order valence-electron chi connectivity index (χ0n) is 20.2. The molecule has 1 fully saturated rings. The molecule has 0 saturated heterocycles. The Morgan fingerprint density at radius 3 is 2.15 bits per heavy atom. The van der Waals surface area contributed by atoms with Crippen LogP contribution in [-0.2, 0) is 34.0 Å². The van der Waals surface area contributed by atoms with E-state index in [-0.39, 0.29) is 23.6 Å². The van der Waals surface area contributed by atoms with Gasteiger partial charge in [-0.25, -0.2) is 9.52 Å². The Morgan fingerprint density at radius 1 is 1.03 bits per heavy atom. The summed E-state index contributed by atoms with van der Waals surface area (Å²) in [6.45, 7) is 6.53. The van der Waals surface area contributed by atoms with Crippen LogP contribution in [0.5, 0.6) is 0 Å². The number of nitrogens with zero attached hydrogens (tertiary/aromatic N) is 1. The highest BCUT2D eigenvalue weighted by Gasteiger charge is 2.40. The smallest absolute Gasteiger partial charge is 0.422 e.